The van der Waals surface area contributed by atoms with Crippen molar-refractivity contribution in [2.75, 3.05) is 24.6 Å². The van der Waals surface area contributed by atoms with Gasteiger partial charge in [-0.05, 0) is 48.1 Å². The highest BCUT2D eigenvalue weighted by Crippen LogP contribution is 2.68. The Morgan fingerprint density at radius 3 is 2.67 bits per heavy atom. The van der Waals surface area contributed by atoms with Crippen molar-refractivity contribution in [3.05, 3.63) is 55.1 Å². The summed E-state index contributed by atoms with van der Waals surface area (Å²) in [5.74, 6) is -2.88. The lowest BCUT2D eigenvalue weighted by molar-refractivity contribution is -0.149. The van der Waals surface area contributed by atoms with Gasteiger partial charge in [0, 0.05) is 30.6 Å². The molecule has 6 atom stereocenters. The molecule has 0 aromatic heterocycles. The number of fused-ring (bicyclic) bond motifs is 2. The number of nitrogens with zero attached hydrogens (tertiary/aromatic N) is 2. The zero-order valence-corrected chi connectivity index (χ0v) is 21.2. The first kappa shape index (κ1) is 24.8. The van der Waals surface area contributed by atoms with Gasteiger partial charge >= 0.3 is 5.97 Å². The van der Waals surface area contributed by atoms with Crippen LogP contribution in [-0.4, -0.2) is 68.6 Å². The Bertz CT molecular complexity index is 1220. The molecule has 2 bridgehead atoms. The minimum Gasteiger partial charge on any atom is -0.481 e. The molecule has 190 valence electrons. The Labute approximate surface area is 215 Å². The van der Waals surface area contributed by atoms with Crippen molar-refractivity contribution in [1.82, 2.24) is 4.90 Å². The molecular formula is C28H32N2O5S. The number of hydrogen-bond acceptors (Lipinski definition) is 5. The van der Waals surface area contributed by atoms with Crippen LogP contribution in [0.4, 0.5) is 5.69 Å². The third-order valence-corrected chi connectivity index (χ3v) is 10.3. The molecular weight excluding hydrogens is 476 g/mol. The van der Waals surface area contributed by atoms with Crippen molar-refractivity contribution in [2.24, 2.45) is 17.8 Å². The lowest BCUT2D eigenvalue weighted by atomic mass is 9.66. The average Bonchev–Trinajstić information content (AvgIpc) is 3.46. The van der Waals surface area contributed by atoms with Crippen LogP contribution in [0.15, 0.2) is 55.1 Å². The molecule has 0 saturated carbocycles. The topological polar surface area (TPSA) is 98.2 Å². The number of likely N-dealkylation sites (tertiary alicyclic amines) is 1. The Balaban J connectivity index is 1.59. The standard InChI is InChI=1S/C28H32N2O5S/c1-3-12-29(20-11-10-18-8-4-5-9-19(18)16-20)26(33)24-28-17(2)15-21(36-28)22(27(34)35)23(28)25(32)30(24)13-6-7-14-31/h3-5,8-11,16-17,21-24,31H,1,6-7,12-15H2,2H3,(H,34,35)/t17?,21-,22+,23+,24?,28?/m1/s1. The number of carboxylic acids is 1. The number of benzene rings is 2. The number of thioether (sulfide) groups is 1. The van der Waals surface area contributed by atoms with Gasteiger partial charge in [0.1, 0.15) is 6.04 Å². The molecule has 7 nitrogen and oxygen atoms in total. The van der Waals surface area contributed by atoms with E-state index in [4.69, 9.17) is 0 Å². The van der Waals surface area contributed by atoms with Gasteiger partial charge in [0.15, 0.2) is 0 Å². The fourth-order valence-electron chi connectivity index (χ4n) is 6.66. The highest BCUT2D eigenvalue weighted by Gasteiger charge is 2.76. The van der Waals surface area contributed by atoms with Crippen LogP contribution >= 0.6 is 11.8 Å². The monoisotopic (exact) mass is 508 g/mol. The maximum Gasteiger partial charge on any atom is 0.308 e. The number of anilines is 1. The second-order valence-corrected chi connectivity index (χ2v) is 11.7. The van der Waals surface area contributed by atoms with Gasteiger partial charge in [-0.1, -0.05) is 43.3 Å². The van der Waals surface area contributed by atoms with E-state index >= 15 is 0 Å². The van der Waals surface area contributed by atoms with E-state index in [9.17, 15) is 24.6 Å². The minimum absolute atomic E-state index is 0.000127. The number of aliphatic carboxylic acids is 1. The van der Waals surface area contributed by atoms with Crippen molar-refractivity contribution in [3.63, 3.8) is 0 Å². The van der Waals surface area contributed by atoms with Crippen LogP contribution in [0.5, 0.6) is 0 Å². The summed E-state index contributed by atoms with van der Waals surface area (Å²) in [6.07, 6.45) is 3.42. The van der Waals surface area contributed by atoms with E-state index in [1.54, 1.807) is 27.6 Å². The first-order chi connectivity index (χ1) is 17.3. The Hall–Kier alpha value is -2.84. The predicted octanol–water partition coefficient (Wildman–Crippen LogP) is 3.55. The molecule has 2 N–H and O–H groups in total. The molecule has 1 spiro atoms. The Kier molecular flexibility index (Phi) is 6.59. The second kappa shape index (κ2) is 9.56. The van der Waals surface area contributed by atoms with Crippen molar-refractivity contribution < 1.29 is 24.6 Å². The summed E-state index contributed by atoms with van der Waals surface area (Å²) < 4.78 is -0.780. The summed E-state index contributed by atoms with van der Waals surface area (Å²) in [5, 5.41) is 21.3. The summed E-state index contributed by atoms with van der Waals surface area (Å²) >= 11 is 1.54. The fourth-order valence-corrected chi connectivity index (χ4v) is 9.07. The SMILES string of the molecule is C=CCN(C(=O)C1N(CCCCO)C(=O)[C@@H]2[C@@H](C(=O)O)[C@H]3CC(C)C12S3)c1ccc2ccccc2c1. The summed E-state index contributed by atoms with van der Waals surface area (Å²) in [7, 11) is 0. The molecule has 2 amide bonds. The van der Waals surface area contributed by atoms with E-state index < -0.39 is 28.6 Å². The van der Waals surface area contributed by atoms with Crippen molar-refractivity contribution in [3.8, 4) is 0 Å². The zero-order valence-electron chi connectivity index (χ0n) is 20.4. The quantitative estimate of drug-likeness (QED) is 0.397. The van der Waals surface area contributed by atoms with Crippen LogP contribution < -0.4 is 4.90 Å². The van der Waals surface area contributed by atoms with E-state index in [1.807, 2.05) is 42.5 Å². The van der Waals surface area contributed by atoms with E-state index in [-0.39, 0.29) is 36.1 Å². The van der Waals surface area contributed by atoms with Crippen molar-refractivity contribution >= 4 is 46.0 Å². The normalized spacial score (nSPS) is 30.6. The largest absolute Gasteiger partial charge is 0.481 e. The minimum atomic E-state index is -0.958. The summed E-state index contributed by atoms with van der Waals surface area (Å²) in [5.41, 5.74) is 0.723. The Morgan fingerprint density at radius 1 is 1.22 bits per heavy atom. The van der Waals surface area contributed by atoms with Gasteiger partial charge in [-0.25, -0.2) is 0 Å². The van der Waals surface area contributed by atoms with Crippen molar-refractivity contribution in [2.45, 2.75) is 42.2 Å². The van der Waals surface area contributed by atoms with Crippen LogP contribution in [0.2, 0.25) is 0 Å². The molecule has 8 heteroatoms. The van der Waals surface area contributed by atoms with Crippen LogP contribution in [-0.2, 0) is 14.4 Å². The van der Waals surface area contributed by atoms with Crippen LogP contribution in [0.25, 0.3) is 10.8 Å². The number of hydrogen-bond donors (Lipinski definition) is 2. The smallest absolute Gasteiger partial charge is 0.308 e. The van der Waals surface area contributed by atoms with Crippen LogP contribution in [0.3, 0.4) is 0 Å². The molecule has 36 heavy (non-hydrogen) atoms. The molecule has 0 aliphatic carbocycles. The second-order valence-electron chi connectivity index (χ2n) is 10.1. The molecule has 0 radical (unpaired) electrons. The van der Waals surface area contributed by atoms with Gasteiger partial charge in [0.05, 0.1) is 16.6 Å². The van der Waals surface area contributed by atoms with E-state index in [0.29, 0.717) is 25.8 Å². The number of carbonyl (C=O) groups is 3. The van der Waals surface area contributed by atoms with Crippen LogP contribution in [0, 0.1) is 17.8 Å². The number of amides is 2. The Morgan fingerprint density at radius 2 is 1.97 bits per heavy atom. The van der Waals surface area contributed by atoms with Gasteiger partial charge in [0.2, 0.25) is 5.91 Å². The highest BCUT2D eigenvalue weighted by atomic mass is 32.2. The maximum atomic E-state index is 14.5. The van der Waals surface area contributed by atoms with E-state index in [1.165, 1.54) is 0 Å². The number of carboxylic acid groups (broad SMARTS) is 1. The lowest BCUT2D eigenvalue weighted by Crippen LogP contribution is -2.57. The molecule has 2 aromatic carbocycles. The van der Waals surface area contributed by atoms with Crippen LogP contribution in [0.1, 0.15) is 26.2 Å². The number of aliphatic hydroxyl groups excluding tert-OH is 1. The van der Waals surface area contributed by atoms with E-state index in [2.05, 4.69) is 13.5 Å². The number of carbonyl (C=O) groups excluding carboxylic acids is 2. The number of aliphatic hydroxyl groups is 1. The predicted molar refractivity (Wildman–Crippen MR) is 141 cm³/mol. The average molecular weight is 509 g/mol. The van der Waals surface area contributed by atoms with Gasteiger partial charge < -0.3 is 20.0 Å². The molecule has 3 saturated heterocycles. The van der Waals surface area contributed by atoms with Gasteiger partial charge in [0.25, 0.3) is 5.91 Å². The molecule has 3 heterocycles. The summed E-state index contributed by atoms with van der Waals surface area (Å²) in [4.78, 5) is 43.9. The lowest BCUT2D eigenvalue weighted by Gasteiger charge is -2.40. The first-order valence-electron chi connectivity index (χ1n) is 12.6. The summed E-state index contributed by atoms with van der Waals surface area (Å²) in [6, 6.07) is 13.0. The summed E-state index contributed by atoms with van der Waals surface area (Å²) in [6.45, 7) is 6.51. The number of rotatable bonds is 9. The van der Waals surface area contributed by atoms with Crippen molar-refractivity contribution in [1.29, 1.82) is 0 Å². The van der Waals surface area contributed by atoms with Gasteiger partial charge in [-0.15, -0.1) is 18.3 Å². The third-order valence-electron chi connectivity index (χ3n) is 8.19. The first-order valence-corrected chi connectivity index (χ1v) is 13.5. The third kappa shape index (κ3) is 3.65. The maximum absolute atomic E-state index is 14.5. The highest BCUT2D eigenvalue weighted by molar-refractivity contribution is 8.02. The molecule has 2 aromatic rings. The zero-order chi connectivity index (χ0) is 25.6. The van der Waals surface area contributed by atoms with Gasteiger partial charge in [-0.2, -0.15) is 0 Å². The van der Waals surface area contributed by atoms with E-state index in [0.717, 1.165) is 16.5 Å². The molecule has 3 unspecified atom stereocenters. The molecule has 5 rings (SSSR count). The van der Waals surface area contributed by atoms with Gasteiger partial charge in [-0.3, -0.25) is 14.4 Å². The molecule has 3 aliphatic heterocycles. The molecule has 3 fully saturated rings. The fraction of sp³-hybridized carbons (Fsp3) is 0.464. The number of unbranched alkanes of at least 4 members (excludes halogenated alkanes) is 1. The molecule has 3 aliphatic rings.